The maximum absolute atomic E-state index is 10.8. The van der Waals surface area contributed by atoms with Crippen LogP contribution in [0.15, 0.2) is 24.8 Å². The number of aromatic nitrogens is 3. The molecule has 0 spiro atoms. The van der Waals surface area contributed by atoms with Crippen molar-refractivity contribution in [3.05, 3.63) is 35.7 Å². The minimum Gasteiger partial charge on any atom is -0.619 e. The maximum atomic E-state index is 10.8. The zero-order valence-electron chi connectivity index (χ0n) is 6.77. The van der Waals surface area contributed by atoms with Crippen molar-refractivity contribution in [1.29, 1.82) is 0 Å². The normalized spacial score (nSPS) is 10.8. The van der Waals surface area contributed by atoms with Crippen molar-refractivity contribution in [3.63, 3.8) is 0 Å². The Kier molecular flexibility index (Phi) is 1.46. The van der Waals surface area contributed by atoms with Crippen LogP contribution in [0.1, 0.15) is 12.6 Å². The van der Waals surface area contributed by atoms with Crippen LogP contribution in [-0.4, -0.2) is 9.38 Å². The first-order valence-corrected chi connectivity index (χ1v) is 3.86. The Labute approximate surface area is 69.7 Å². The van der Waals surface area contributed by atoms with Crippen molar-refractivity contribution in [2.75, 3.05) is 0 Å². The Morgan fingerprint density at radius 2 is 2.50 bits per heavy atom. The lowest BCUT2D eigenvalue weighted by molar-refractivity contribution is -0.604. The summed E-state index contributed by atoms with van der Waals surface area (Å²) >= 11 is 0. The standard InChI is InChI=1S/C8H9N3O/c1-2-7-5-10-3-4-11(12)6-8(10)9-7/h3-6H,2H2,1H3. The molecular weight excluding hydrogens is 154 g/mol. The Morgan fingerprint density at radius 1 is 1.67 bits per heavy atom. The van der Waals surface area contributed by atoms with Crippen molar-refractivity contribution in [2.24, 2.45) is 0 Å². The molecule has 4 nitrogen and oxygen atoms in total. The van der Waals surface area contributed by atoms with Crippen LogP contribution in [0.25, 0.3) is 5.65 Å². The number of imidazole rings is 1. The highest BCUT2D eigenvalue weighted by Gasteiger charge is 2.01. The molecule has 0 aliphatic carbocycles. The number of hydrogen-bond donors (Lipinski definition) is 0. The Balaban J connectivity index is 2.67. The van der Waals surface area contributed by atoms with Crippen LogP contribution in [0, 0.1) is 5.21 Å². The molecule has 0 atom stereocenters. The van der Waals surface area contributed by atoms with Gasteiger partial charge >= 0.3 is 0 Å². The van der Waals surface area contributed by atoms with Gasteiger partial charge in [-0.1, -0.05) is 6.92 Å². The summed E-state index contributed by atoms with van der Waals surface area (Å²) in [5.74, 6) is 0. The van der Waals surface area contributed by atoms with Crippen molar-refractivity contribution in [2.45, 2.75) is 13.3 Å². The van der Waals surface area contributed by atoms with Gasteiger partial charge in [0.2, 0.25) is 11.8 Å². The van der Waals surface area contributed by atoms with E-state index in [0.717, 1.165) is 16.8 Å². The van der Waals surface area contributed by atoms with Gasteiger partial charge in [0.1, 0.15) is 0 Å². The van der Waals surface area contributed by atoms with Crippen LogP contribution in [-0.2, 0) is 6.42 Å². The first-order chi connectivity index (χ1) is 5.79. The summed E-state index contributed by atoms with van der Waals surface area (Å²) in [5.41, 5.74) is 1.70. The summed E-state index contributed by atoms with van der Waals surface area (Å²) in [6, 6.07) is 0. The maximum Gasteiger partial charge on any atom is 0.223 e. The summed E-state index contributed by atoms with van der Waals surface area (Å²) in [5, 5.41) is 10.8. The molecule has 0 aliphatic rings. The van der Waals surface area contributed by atoms with E-state index >= 15 is 0 Å². The molecule has 0 saturated carbocycles. The topological polar surface area (TPSA) is 44.2 Å². The molecule has 0 aromatic carbocycles. The predicted molar refractivity (Wildman–Crippen MR) is 43.5 cm³/mol. The fourth-order valence-electron chi connectivity index (χ4n) is 1.14. The average molecular weight is 163 g/mol. The van der Waals surface area contributed by atoms with Gasteiger partial charge in [-0.2, -0.15) is 4.73 Å². The molecule has 0 amide bonds. The van der Waals surface area contributed by atoms with Crippen molar-refractivity contribution in [1.82, 2.24) is 9.38 Å². The minimum atomic E-state index is 0.698. The second kappa shape index (κ2) is 2.48. The predicted octanol–water partition coefficient (Wildman–Crippen LogP) is 0.530. The fraction of sp³-hybridized carbons (Fsp3) is 0.250. The van der Waals surface area contributed by atoms with E-state index in [0.29, 0.717) is 5.65 Å². The summed E-state index contributed by atoms with van der Waals surface area (Å²) in [4.78, 5) is 4.23. The third-order valence-electron chi connectivity index (χ3n) is 1.79. The van der Waals surface area contributed by atoms with Gasteiger partial charge in [0.05, 0.1) is 11.9 Å². The lowest BCUT2D eigenvalue weighted by atomic mass is 10.4. The first-order valence-electron chi connectivity index (χ1n) is 3.86. The lowest BCUT2D eigenvalue weighted by Gasteiger charge is -1.93. The van der Waals surface area contributed by atoms with E-state index < -0.39 is 0 Å². The van der Waals surface area contributed by atoms with E-state index in [1.165, 1.54) is 12.4 Å². The fourth-order valence-corrected chi connectivity index (χ4v) is 1.14. The monoisotopic (exact) mass is 163 g/mol. The molecule has 2 aromatic rings. The second-order valence-electron chi connectivity index (χ2n) is 2.64. The second-order valence-corrected chi connectivity index (χ2v) is 2.64. The van der Waals surface area contributed by atoms with Gasteiger partial charge in [0, 0.05) is 6.20 Å². The van der Waals surface area contributed by atoms with Gasteiger partial charge < -0.3 is 5.21 Å². The van der Waals surface area contributed by atoms with Gasteiger partial charge in [-0.25, -0.2) is 4.98 Å². The Hall–Kier alpha value is -1.58. The highest BCUT2D eigenvalue weighted by molar-refractivity contribution is 5.34. The number of rotatable bonds is 1. The molecule has 2 heterocycles. The Bertz CT molecular complexity index is 408. The molecule has 4 heteroatoms. The first kappa shape index (κ1) is 7.09. The van der Waals surface area contributed by atoms with E-state index in [9.17, 15) is 5.21 Å². The number of aryl methyl sites for hydroxylation is 1. The molecule has 0 bridgehead atoms. The SMILES string of the molecule is CCc1cn2cc[n+]([O-])cc2n1. The van der Waals surface area contributed by atoms with Crippen LogP contribution >= 0.6 is 0 Å². The molecule has 0 radical (unpaired) electrons. The molecule has 0 aliphatic heterocycles. The lowest BCUT2D eigenvalue weighted by Crippen LogP contribution is -2.24. The van der Waals surface area contributed by atoms with E-state index in [2.05, 4.69) is 4.98 Å². The summed E-state index contributed by atoms with van der Waals surface area (Å²) in [6.45, 7) is 2.03. The van der Waals surface area contributed by atoms with E-state index in [-0.39, 0.29) is 0 Å². The molecule has 0 N–H and O–H groups in total. The number of nitrogens with zero attached hydrogens (tertiary/aromatic N) is 3. The molecule has 62 valence electrons. The summed E-state index contributed by atoms with van der Waals surface area (Å²) in [6.07, 6.45) is 7.43. The third kappa shape index (κ3) is 1.01. The van der Waals surface area contributed by atoms with Gasteiger partial charge in [0.25, 0.3) is 0 Å². The molecule has 2 rings (SSSR count). The van der Waals surface area contributed by atoms with E-state index in [1.54, 1.807) is 6.20 Å². The van der Waals surface area contributed by atoms with Crippen molar-refractivity contribution >= 4 is 5.65 Å². The van der Waals surface area contributed by atoms with E-state index in [4.69, 9.17) is 0 Å². The van der Waals surface area contributed by atoms with Crippen LogP contribution in [0.4, 0.5) is 0 Å². The summed E-state index contributed by atoms with van der Waals surface area (Å²) in [7, 11) is 0. The number of fused-ring (bicyclic) bond motifs is 1. The quantitative estimate of drug-likeness (QED) is 0.454. The largest absolute Gasteiger partial charge is 0.619 e. The van der Waals surface area contributed by atoms with Crippen LogP contribution in [0.3, 0.4) is 0 Å². The van der Waals surface area contributed by atoms with Gasteiger partial charge in [-0.3, -0.25) is 4.40 Å². The number of hydrogen-bond acceptors (Lipinski definition) is 2. The van der Waals surface area contributed by atoms with E-state index in [1.807, 2.05) is 17.5 Å². The van der Waals surface area contributed by atoms with Crippen LogP contribution < -0.4 is 4.73 Å². The molecule has 0 fully saturated rings. The zero-order valence-corrected chi connectivity index (χ0v) is 6.77. The van der Waals surface area contributed by atoms with Crippen LogP contribution in [0.2, 0.25) is 0 Å². The highest BCUT2D eigenvalue weighted by atomic mass is 16.5. The van der Waals surface area contributed by atoms with Crippen LogP contribution in [0.5, 0.6) is 0 Å². The smallest absolute Gasteiger partial charge is 0.223 e. The zero-order chi connectivity index (χ0) is 8.55. The molecular formula is C8H9N3O. The average Bonchev–Trinajstić information content (AvgIpc) is 2.46. The molecule has 2 aromatic heterocycles. The minimum absolute atomic E-state index is 0.698. The van der Waals surface area contributed by atoms with Gasteiger partial charge in [0.15, 0.2) is 6.20 Å². The Morgan fingerprint density at radius 3 is 3.25 bits per heavy atom. The highest BCUT2D eigenvalue weighted by Crippen LogP contribution is 2.01. The summed E-state index contributed by atoms with van der Waals surface area (Å²) < 4.78 is 2.59. The molecule has 0 unspecified atom stereocenters. The van der Waals surface area contributed by atoms with Crippen molar-refractivity contribution < 1.29 is 4.73 Å². The third-order valence-corrected chi connectivity index (χ3v) is 1.79. The van der Waals surface area contributed by atoms with Gasteiger partial charge in [-0.05, 0) is 6.42 Å². The molecule has 12 heavy (non-hydrogen) atoms. The molecule has 0 saturated heterocycles. The van der Waals surface area contributed by atoms with Gasteiger partial charge in [-0.15, -0.1) is 0 Å². The van der Waals surface area contributed by atoms with Crippen molar-refractivity contribution in [3.8, 4) is 0 Å².